The van der Waals surface area contributed by atoms with Gasteiger partial charge in [-0.25, -0.2) is 9.59 Å². The lowest BCUT2D eigenvalue weighted by Gasteiger charge is -2.13. The number of carbonyl (C=O) groups is 3. The van der Waals surface area contributed by atoms with E-state index >= 15 is 0 Å². The second-order valence-electron chi connectivity index (χ2n) is 6.20. The van der Waals surface area contributed by atoms with Gasteiger partial charge in [0.05, 0.1) is 6.54 Å². The maximum absolute atomic E-state index is 12.1. The predicted molar refractivity (Wildman–Crippen MR) is 109 cm³/mol. The zero-order valence-corrected chi connectivity index (χ0v) is 16.7. The molecule has 11 heteroatoms. The first-order valence-electron chi connectivity index (χ1n) is 8.80. The van der Waals surface area contributed by atoms with Crippen LogP contribution in [0.1, 0.15) is 19.2 Å². The molecule has 1 amide bonds. The summed E-state index contributed by atoms with van der Waals surface area (Å²) in [7, 11) is 0. The van der Waals surface area contributed by atoms with E-state index in [0.717, 1.165) is 17.2 Å². The van der Waals surface area contributed by atoms with E-state index < -0.39 is 11.9 Å². The Morgan fingerprint density at radius 1 is 1.07 bits per heavy atom. The Hall–Kier alpha value is -3.50. The standard InChI is InChI=1S/C17H18ClN5O.C2H2O4/c1-12(10-17(24)20-14-7-5-13(18)6-8-14)19-11-16-22-21-15-4-2-3-9-23(15)16;3-1(4)2(5)6/h2-9,12,19H,10-11H2,1H3,(H,20,24);(H,3,4)(H,5,6). The normalized spacial score (nSPS) is 11.3. The monoisotopic (exact) mass is 433 g/mol. The van der Waals surface area contributed by atoms with Crippen molar-refractivity contribution in [3.05, 3.63) is 59.5 Å². The topological polar surface area (TPSA) is 146 Å². The van der Waals surface area contributed by atoms with Crippen LogP contribution in [0.25, 0.3) is 5.65 Å². The Labute approximate surface area is 176 Å². The molecule has 2 aromatic heterocycles. The van der Waals surface area contributed by atoms with Gasteiger partial charge >= 0.3 is 11.9 Å². The minimum atomic E-state index is -1.82. The van der Waals surface area contributed by atoms with Gasteiger partial charge in [0.15, 0.2) is 11.5 Å². The summed E-state index contributed by atoms with van der Waals surface area (Å²) < 4.78 is 1.92. The molecule has 0 saturated carbocycles. The van der Waals surface area contributed by atoms with Crippen LogP contribution in [0.3, 0.4) is 0 Å². The fraction of sp³-hybridized carbons (Fsp3) is 0.211. The number of hydrogen-bond acceptors (Lipinski definition) is 6. The lowest BCUT2D eigenvalue weighted by Crippen LogP contribution is -2.30. The van der Waals surface area contributed by atoms with Gasteiger partial charge in [-0.05, 0) is 43.3 Å². The van der Waals surface area contributed by atoms with Crippen LogP contribution in [0.5, 0.6) is 0 Å². The van der Waals surface area contributed by atoms with E-state index in [1.54, 1.807) is 24.3 Å². The number of aromatic nitrogens is 3. The summed E-state index contributed by atoms with van der Waals surface area (Å²) >= 11 is 5.83. The van der Waals surface area contributed by atoms with Gasteiger partial charge in [-0.2, -0.15) is 0 Å². The van der Waals surface area contributed by atoms with Crippen LogP contribution in [0.4, 0.5) is 5.69 Å². The Balaban J connectivity index is 0.000000469. The highest BCUT2D eigenvalue weighted by Crippen LogP contribution is 2.13. The number of pyridine rings is 1. The van der Waals surface area contributed by atoms with Crippen molar-refractivity contribution < 1.29 is 24.6 Å². The van der Waals surface area contributed by atoms with Gasteiger partial charge in [-0.1, -0.05) is 17.7 Å². The third-order valence-corrected chi connectivity index (χ3v) is 4.05. The number of hydrogen-bond donors (Lipinski definition) is 4. The van der Waals surface area contributed by atoms with E-state index in [4.69, 9.17) is 31.4 Å². The van der Waals surface area contributed by atoms with Gasteiger partial charge in [0, 0.05) is 29.4 Å². The molecule has 3 aromatic rings. The smallest absolute Gasteiger partial charge is 0.414 e. The fourth-order valence-corrected chi connectivity index (χ4v) is 2.50. The molecule has 30 heavy (non-hydrogen) atoms. The Morgan fingerprint density at radius 3 is 2.37 bits per heavy atom. The van der Waals surface area contributed by atoms with Gasteiger partial charge in [-0.15, -0.1) is 10.2 Å². The number of anilines is 1. The maximum atomic E-state index is 12.1. The summed E-state index contributed by atoms with van der Waals surface area (Å²) in [6, 6.07) is 12.8. The second kappa shape index (κ2) is 10.9. The van der Waals surface area contributed by atoms with E-state index in [2.05, 4.69) is 20.8 Å². The van der Waals surface area contributed by atoms with Crippen LogP contribution < -0.4 is 10.6 Å². The molecule has 1 unspecified atom stereocenters. The molecule has 0 bridgehead atoms. The first kappa shape index (κ1) is 22.8. The van der Waals surface area contributed by atoms with Gasteiger partial charge in [0.2, 0.25) is 5.91 Å². The zero-order valence-electron chi connectivity index (χ0n) is 15.9. The number of rotatable bonds is 6. The van der Waals surface area contributed by atoms with Crippen LogP contribution >= 0.6 is 11.6 Å². The molecular weight excluding hydrogens is 414 g/mol. The quantitative estimate of drug-likeness (QED) is 0.432. The number of benzene rings is 1. The molecule has 3 rings (SSSR count). The Kier molecular flexibility index (Phi) is 8.27. The second-order valence-corrected chi connectivity index (χ2v) is 6.63. The number of aliphatic carboxylic acids is 2. The molecule has 2 heterocycles. The SMILES string of the molecule is CC(CC(=O)Nc1ccc(Cl)cc1)NCc1nnc2ccccn12.O=C(O)C(=O)O. The number of fused-ring (bicyclic) bond motifs is 1. The minimum absolute atomic E-state index is 0.00774. The maximum Gasteiger partial charge on any atom is 0.414 e. The molecule has 10 nitrogen and oxygen atoms in total. The lowest BCUT2D eigenvalue weighted by atomic mass is 10.2. The molecule has 0 spiro atoms. The third kappa shape index (κ3) is 7.15. The predicted octanol–water partition coefficient (Wildman–Crippen LogP) is 2.05. The summed E-state index contributed by atoms with van der Waals surface area (Å²) in [5, 5.41) is 29.8. The molecule has 0 saturated heterocycles. The minimum Gasteiger partial charge on any atom is -0.473 e. The number of halogens is 1. The van der Waals surface area contributed by atoms with E-state index in [0.29, 0.717) is 18.0 Å². The van der Waals surface area contributed by atoms with Crippen molar-refractivity contribution in [2.75, 3.05) is 5.32 Å². The van der Waals surface area contributed by atoms with Crippen LogP contribution in [-0.2, 0) is 20.9 Å². The van der Waals surface area contributed by atoms with Gasteiger partial charge in [-0.3, -0.25) is 9.20 Å². The van der Waals surface area contributed by atoms with Crippen molar-refractivity contribution >= 4 is 40.8 Å². The Morgan fingerprint density at radius 2 is 1.73 bits per heavy atom. The van der Waals surface area contributed by atoms with Crippen molar-refractivity contribution in [1.29, 1.82) is 0 Å². The number of nitrogens with zero attached hydrogens (tertiary/aromatic N) is 3. The van der Waals surface area contributed by atoms with Crippen LogP contribution in [0.2, 0.25) is 5.02 Å². The lowest BCUT2D eigenvalue weighted by molar-refractivity contribution is -0.159. The number of carboxylic acids is 2. The summed E-state index contributed by atoms with van der Waals surface area (Å²) in [4.78, 5) is 30.3. The summed E-state index contributed by atoms with van der Waals surface area (Å²) in [6.45, 7) is 2.51. The molecule has 1 aromatic carbocycles. The molecule has 1 atom stereocenters. The average molecular weight is 434 g/mol. The highest BCUT2D eigenvalue weighted by molar-refractivity contribution is 6.30. The molecule has 158 valence electrons. The fourth-order valence-electron chi connectivity index (χ4n) is 2.37. The molecule has 0 aliphatic heterocycles. The van der Waals surface area contributed by atoms with E-state index in [-0.39, 0.29) is 11.9 Å². The molecule has 0 radical (unpaired) electrons. The molecule has 4 N–H and O–H groups in total. The van der Waals surface area contributed by atoms with E-state index in [1.165, 1.54) is 0 Å². The van der Waals surface area contributed by atoms with E-state index in [1.807, 2.05) is 35.7 Å². The number of carboxylic acid groups (broad SMARTS) is 2. The number of amides is 1. The largest absolute Gasteiger partial charge is 0.473 e. The van der Waals surface area contributed by atoms with Crippen molar-refractivity contribution in [1.82, 2.24) is 19.9 Å². The molecule has 0 aliphatic rings. The highest BCUT2D eigenvalue weighted by Gasteiger charge is 2.11. The first-order valence-corrected chi connectivity index (χ1v) is 9.17. The van der Waals surface area contributed by atoms with Crippen molar-refractivity contribution in [3.8, 4) is 0 Å². The third-order valence-electron chi connectivity index (χ3n) is 3.80. The van der Waals surface area contributed by atoms with Crippen LogP contribution in [0.15, 0.2) is 48.7 Å². The van der Waals surface area contributed by atoms with Crippen LogP contribution in [-0.4, -0.2) is 48.7 Å². The average Bonchev–Trinajstić information content (AvgIpc) is 3.12. The molecule has 0 aliphatic carbocycles. The Bertz CT molecular complexity index is 1010. The van der Waals surface area contributed by atoms with Crippen molar-refractivity contribution in [2.24, 2.45) is 0 Å². The summed E-state index contributed by atoms with van der Waals surface area (Å²) in [5.74, 6) is -2.89. The van der Waals surface area contributed by atoms with Gasteiger partial charge < -0.3 is 20.8 Å². The van der Waals surface area contributed by atoms with Gasteiger partial charge in [0.1, 0.15) is 0 Å². The van der Waals surface area contributed by atoms with E-state index in [9.17, 15) is 4.79 Å². The summed E-state index contributed by atoms with van der Waals surface area (Å²) in [5.41, 5.74) is 1.54. The number of carbonyl (C=O) groups excluding carboxylic acids is 1. The summed E-state index contributed by atoms with van der Waals surface area (Å²) in [6.07, 6.45) is 2.28. The van der Waals surface area contributed by atoms with Gasteiger partial charge in [0.25, 0.3) is 0 Å². The molecular formula is C19H20ClN5O5. The van der Waals surface area contributed by atoms with Crippen molar-refractivity contribution in [3.63, 3.8) is 0 Å². The zero-order chi connectivity index (χ0) is 22.1. The van der Waals surface area contributed by atoms with Crippen molar-refractivity contribution in [2.45, 2.75) is 25.9 Å². The first-order chi connectivity index (χ1) is 14.3. The highest BCUT2D eigenvalue weighted by atomic mass is 35.5. The number of nitrogens with one attached hydrogen (secondary N) is 2. The van der Waals surface area contributed by atoms with Crippen LogP contribution in [0, 0.1) is 0 Å². The molecule has 0 fully saturated rings.